The number of sulfone groups is 1. The monoisotopic (exact) mass is 432 g/mol. The lowest BCUT2D eigenvalue weighted by molar-refractivity contribution is -0.115. The van der Waals surface area contributed by atoms with Gasteiger partial charge >= 0.3 is 0 Å². The van der Waals surface area contributed by atoms with Crippen molar-refractivity contribution in [3.8, 4) is 5.75 Å². The third-order valence-corrected chi connectivity index (χ3v) is 6.69. The highest BCUT2D eigenvalue weighted by Gasteiger charge is 2.29. The van der Waals surface area contributed by atoms with Crippen molar-refractivity contribution >= 4 is 45.0 Å². The fourth-order valence-electron chi connectivity index (χ4n) is 3.19. The lowest BCUT2D eigenvalue weighted by Gasteiger charge is -2.21. The molecule has 1 atom stereocenters. The van der Waals surface area contributed by atoms with Crippen LogP contribution in [0.2, 0.25) is 5.02 Å². The van der Waals surface area contributed by atoms with Gasteiger partial charge in [-0.3, -0.25) is 9.59 Å². The molecule has 0 aromatic heterocycles. The van der Waals surface area contributed by atoms with Gasteiger partial charge in [0.25, 0.3) is 11.8 Å². The SMILES string of the molecule is O=C1Nc2cc(C(=O)N[C@H]3CCS(=O)(=O)C3)ccc2O/C1=C\c1ccc(Cl)cc1. The van der Waals surface area contributed by atoms with Crippen molar-refractivity contribution < 1.29 is 22.7 Å². The van der Waals surface area contributed by atoms with Crippen LogP contribution in [0.5, 0.6) is 5.75 Å². The summed E-state index contributed by atoms with van der Waals surface area (Å²) in [5, 5.41) is 6.02. The summed E-state index contributed by atoms with van der Waals surface area (Å²) >= 11 is 5.86. The topological polar surface area (TPSA) is 102 Å². The molecule has 0 unspecified atom stereocenters. The molecule has 2 aromatic carbocycles. The van der Waals surface area contributed by atoms with Gasteiger partial charge in [0.1, 0.15) is 0 Å². The first-order chi connectivity index (χ1) is 13.8. The van der Waals surface area contributed by atoms with Crippen LogP contribution in [0.3, 0.4) is 0 Å². The number of halogens is 1. The maximum atomic E-state index is 12.4. The second kappa shape index (κ2) is 7.53. The molecule has 9 heteroatoms. The first-order valence-corrected chi connectivity index (χ1v) is 11.1. The third kappa shape index (κ3) is 4.44. The standard InChI is InChI=1S/C20H17ClN2O5S/c21-14-4-1-12(2-5-14)9-18-20(25)23-16-10-13(3-6-17(16)28-18)19(24)22-15-7-8-29(26,27)11-15/h1-6,9-10,15H,7-8,11H2,(H,22,24)(H,23,25)/b18-9-/t15-/m0/s1. The molecule has 2 N–H and O–H groups in total. The Hall–Kier alpha value is -2.84. The molecule has 1 saturated heterocycles. The fourth-order valence-corrected chi connectivity index (χ4v) is 4.99. The molecule has 4 rings (SSSR count). The van der Waals surface area contributed by atoms with Crippen molar-refractivity contribution in [2.24, 2.45) is 0 Å². The van der Waals surface area contributed by atoms with Crippen LogP contribution in [0.15, 0.2) is 48.2 Å². The number of carbonyl (C=O) groups excluding carboxylic acids is 2. The number of hydrogen-bond acceptors (Lipinski definition) is 5. The van der Waals surface area contributed by atoms with Gasteiger partial charge < -0.3 is 15.4 Å². The number of benzene rings is 2. The van der Waals surface area contributed by atoms with Crippen molar-refractivity contribution in [2.75, 3.05) is 16.8 Å². The van der Waals surface area contributed by atoms with Crippen LogP contribution in [0.1, 0.15) is 22.3 Å². The minimum Gasteiger partial charge on any atom is -0.449 e. The first-order valence-electron chi connectivity index (χ1n) is 8.91. The van der Waals surface area contributed by atoms with E-state index in [1.807, 2.05) is 0 Å². The van der Waals surface area contributed by atoms with E-state index in [2.05, 4.69) is 10.6 Å². The molecule has 0 aliphatic carbocycles. The number of ether oxygens (including phenoxy) is 1. The predicted molar refractivity (Wildman–Crippen MR) is 110 cm³/mol. The molecule has 0 bridgehead atoms. The third-order valence-electron chi connectivity index (χ3n) is 4.67. The van der Waals surface area contributed by atoms with Crippen LogP contribution in [0.4, 0.5) is 5.69 Å². The average molecular weight is 433 g/mol. The van der Waals surface area contributed by atoms with Crippen molar-refractivity contribution in [2.45, 2.75) is 12.5 Å². The first kappa shape index (κ1) is 19.5. The van der Waals surface area contributed by atoms with Crippen LogP contribution in [0.25, 0.3) is 6.08 Å². The molecule has 150 valence electrons. The molecule has 2 aromatic rings. The van der Waals surface area contributed by atoms with E-state index in [0.717, 1.165) is 5.56 Å². The summed E-state index contributed by atoms with van der Waals surface area (Å²) in [4.78, 5) is 24.8. The van der Waals surface area contributed by atoms with Crippen molar-refractivity contribution in [3.63, 3.8) is 0 Å². The lowest BCUT2D eigenvalue weighted by atomic mass is 10.1. The number of anilines is 1. The van der Waals surface area contributed by atoms with Gasteiger partial charge in [-0.05, 0) is 48.4 Å². The highest BCUT2D eigenvalue weighted by molar-refractivity contribution is 7.91. The van der Waals surface area contributed by atoms with Gasteiger partial charge in [-0.25, -0.2) is 8.42 Å². The number of rotatable bonds is 3. The van der Waals surface area contributed by atoms with Crippen LogP contribution in [-0.2, 0) is 14.6 Å². The van der Waals surface area contributed by atoms with E-state index in [-0.39, 0.29) is 17.3 Å². The van der Waals surface area contributed by atoms with E-state index in [9.17, 15) is 18.0 Å². The maximum Gasteiger partial charge on any atom is 0.291 e. The van der Waals surface area contributed by atoms with E-state index in [4.69, 9.17) is 16.3 Å². The van der Waals surface area contributed by atoms with Gasteiger partial charge in [0.15, 0.2) is 21.3 Å². The van der Waals surface area contributed by atoms with Crippen molar-refractivity contribution in [1.29, 1.82) is 0 Å². The molecular formula is C20H17ClN2O5S. The van der Waals surface area contributed by atoms with Crippen LogP contribution < -0.4 is 15.4 Å². The number of hydrogen-bond donors (Lipinski definition) is 2. The molecule has 0 spiro atoms. The van der Waals surface area contributed by atoms with Crippen LogP contribution in [0, 0.1) is 0 Å². The zero-order valence-corrected chi connectivity index (χ0v) is 16.7. The Bertz CT molecular complexity index is 1130. The van der Waals surface area contributed by atoms with Gasteiger partial charge in [0.05, 0.1) is 17.2 Å². The van der Waals surface area contributed by atoms with Crippen molar-refractivity contribution in [1.82, 2.24) is 5.32 Å². The van der Waals surface area contributed by atoms with Crippen LogP contribution >= 0.6 is 11.6 Å². The Morgan fingerprint density at radius 3 is 2.66 bits per heavy atom. The van der Waals surface area contributed by atoms with E-state index >= 15 is 0 Å². The van der Waals surface area contributed by atoms with Gasteiger partial charge in [-0.1, -0.05) is 23.7 Å². The number of amides is 2. The smallest absolute Gasteiger partial charge is 0.291 e. The maximum absolute atomic E-state index is 12.4. The van der Waals surface area contributed by atoms with E-state index in [1.165, 1.54) is 6.07 Å². The Morgan fingerprint density at radius 2 is 1.97 bits per heavy atom. The minimum atomic E-state index is -3.08. The molecule has 2 heterocycles. The Balaban J connectivity index is 1.50. The summed E-state index contributed by atoms with van der Waals surface area (Å²) in [6.45, 7) is 0. The Labute approximate surface area is 172 Å². The van der Waals surface area contributed by atoms with E-state index in [1.54, 1.807) is 42.5 Å². The quantitative estimate of drug-likeness (QED) is 0.726. The molecule has 0 radical (unpaired) electrons. The summed E-state index contributed by atoms with van der Waals surface area (Å²) in [7, 11) is -3.08. The average Bonchev–Trinajstić information content (AvgIpc) is 3.02. The minimum absolute atomic E-state index is 0.0532. The summed E-state index contributed by atoms with van der Waals surface area (Å²) < 4.78 is 28.8. The lowest BCUT2D eigenvalue weighted by Crippen LogP contribution is -2.35. The highest BCUT2D eigenvalue weighted by atomic mass is 35.5. The zero-order chi connectivity index (χ0) is 20.6. The molecule has 29 heavy (non-hydrogen) atoms. The molecule has 1 fully saturated rings. The van der Waals surface area contributed by atoms with Gasteiger partial charge in [0.2, 0.25) is 0 Å². The summed E-state index contributed by atoms with van der Waals surface area (Å²) in [6.07, 6.45) is 1.99. The Morgan fingerprint density at radius 1 is 1.21 bits per heavy atom. The molecular weight excluding hydrogens is 416 g/mol. The largest absolute Gasteiger partial charge is 0.449 e. The van der Waals surface area contributed by atoms with E-state index < -0.39 is 27.7 Å². The molecule has 7 nitrogen and oxygen atoms in total. The van der Waals surface area contributed by atoms with E-state index in [0.29, 0.717) is 28.4 Å². The highest BCUT2D eigenvalue weighted by Crippen LogP contribution is 2.32. The fraction of sp³-hybridized carbons (Fsp3) is 0.200. The molecule has 2 aliphatic rings. The molecule has 2 aliphatic heterocycles. The zero-order valence-electron chi connectivity index (χ0n) is 15.1. The van der Waals surface area contributed by atoms with Crippen LogP contribution in [-0.4, -0.2) is 37.8 Å². The van der Waals surface area contributed by atoms with Gasteiger partial charge in [0, 0.05) is 16.6 Å². The normalized spacial score (nSPS) is 21.2. The molecule has 0 saturated carbocycles. The second-order valence-corrected chi connectivity index (χ2v) is 9.57. The summed E-state index contributed by atoms with van der Waals surface area (Å²) in [6, 6.07) is 11.2. The summed E-state index contributed by atoms with van der Waals surface area (Å²) in [5.41, 5.74) is 1.43. The Kier molecular flexibility index (Phi) is 5.06. The number of carbonyl (C=O) groups is 2. The molecule has 2 amide bonds. The predicted octanol–water partition coefficient (Wildman–Crippen LogP) is 2.63. The van der Waals surface area contributed by atoms with Gasteiger partial charge in [-0.15, -0.1) is 0 Å². The second-order valence-electron chi connectivity index (χ2n) is 6.90. The van der Waals surface area contributed by atoms with Gasteiger partial charge in [-0.2, -0.15) is 0 Å². The number of nitrogens with one attached hydrogen (secondary N) is 2. The number of fused-ring (bicyclic) bond motifs is 1. The van der Waals surface area contributed by atoms with Crippen molar-refractivity contribution in [3.05, 3.63) is 64.4 Å². The summed E-state index contributed by atoms with van der Waals surface area (Å²) in [5.74, 6) is -0.284.